The zero-order chi connectivity index (χ0) is 12.2. The van der Waals surface area contributed by atoms with Crippen LogP contribution >= 0.6 is 0 Å². The normalized spacial score (nSPS) is 11.1. The van der Waals surface area contributed by atoms with E-state index in [1.165, 1.54) is 31.2 Å². The van der Waals surface area contributed by atoms with Gasteiger partial charge in [0.05, 0.1) is 13.2 Å². The molecule has 17 heavy (non-hydrogen) atoms. The summed E-state index contributed by atoms with van der Waals surface area (Å²) in [7, 11) is 0. The van der Waals surface area contributed by atoms with Crippen molar-refractivity contribution in [3.05, 3.63) is 48.0 Å². The number of hydrogen-bond acceptors (Lipinski definition) is 1. The molecule has 1 aromatic carbocycles. The van der Waals surface area contributed by atoms with Crippen molar-refractivity contribution >= 4 is 0 Å². The highest BCUT2D eigenvalue weighted by atomic mass is 16.5. The van der Waals surface area contributed by atoms with Crippen molar-refractivity contribution in [3.63, 3.8) is 0 Å². The molecule has 0 aliphatic heterocycles. The van der Waals surface area contributed by atoms with E-state index in [9.17, 15) is 0 Å². The maximum Gasteiger partial charge on any atom is 0.0717 e. The Morgan fingerprint density at radius 3 is 2.53 bits per heavy atom. The van der Waals surface area contributed by atoms with Crippen LogP contribution in [0.2, 0.25) is 0 Å². The summed E-state index contributed by atoms with van der Waals surface area (Å²) in [4.78, 5) is 0. The zero-order valence-electron chi connectivity index (χ0n) is 10.9. The molecule has 0 amide bonds. The standard InChI is InChI=1S/C16H24O/c1-2-3-4-5-6-7-11-14-17-15-16-12-9-8-10-13-16/h6-10,12-13H,2-5,11,14-15H2,1H3. The van der Waals surface area contributed by atoms with Crippen LogP contribution in [0.5, 0.6) is 0 Å². The van der Waals surface area contributed by atoms with Gasteiger partial charge in [-0.3, -0.25) is 0 Å². The second-order valence-electron chi connectivity index (χ2n) is 4.29. The molecule has 0 bridgehead atoms. The monoisotopic (exact) mass is 232 g/mol. The minimum absolute atomic E-state index is 0.727. The van der Waals surface area contributed by atoms with Gasteiger partial charge in [-0.1, -0.05) is 62.2 Å². The lowest BCUT2D eigenvalue weighted by molar-refractivity contribution is 0.125. The summed E-state index contributed by atoms with van der Waals surface area (Å²) in [5, 5.41) is 0. The van der Waals surface area contributed by atoms with Gasteiger partial charge in [-0.15, -0.1) is 0 Å². The van der Waals surface area contributed by atoms with E-state index in [-0.39, 0.29) is 0 Å². The Hall–Kier alpha value is -1.08. The molecule has 0 unspecified atom stereocenters. The number of allylic oxidation sites excluding steroid dienone is 1. The van der Waals surface area contributed by atoms with Crippen LogP contribution < -0.4 is 0 Å². The molecule has 0 fully saturated rings. The van der Waals surface area contributed by atoms with Crippen LogP contribution in [0.15, 0.2) is 42.5 Å². The quantitative estimate of drug-likeness (QED) is 0.442. The highest BCUT2D eigenvalue weighted by Gasteiger charge is 1.90. The SMILES string of the molecule is CCCCCC=CCCOCc1ccccc1. The highest BCUT2D eigenvalue weighted by molar-refractivity contribution is 5.13. The van der Waals surface area contributed by atoms with Gasteiger partial charge in [0.25, 0.3) is 0 Å². The molecule has 1 heteroatoms. The van der Waals surface area contributed by atoms with Gasteiger partial charge in [0.2, 0.25) is 0 Å². The first-order valence-corrected chi connectivity index (χ1v) is 6.70. The lowest BCUT2D eigenvalue weighted by Gasteiger charge is -2.01. The summed E-state index contributed by atoms with van der Waals surface area (Å²) >= 11 is 0. The lowest BCUT2D eigenvalue weighted by atomic mass is 10.2. The van der Waals surface area contributed by atoms with Crippen molar-refractivity contribution in [3.8, 4) is 0 Å². The van der Waals surface area contributed by atoms with E-state index in [1.807, 2.05) is 18.2 Å². The van der Waals surface area contributed by atoms with E-state index in [0.717, 1.165) is 19.6 Å². The van der Waals surface area contributed by atoms with Gasteiger partial charge in [0, 0.05) is 0 Å². The van der Waals surface area contributed by atoms with Gasteiger partial charge in [-0.2, -0.15) is 0 Å². The van der Waals surface area contributed by atoms with Crippen molar-refractivity contribution in [1.29, 1.82) is 0 Å². The van der Waals surface area contributed by atoms with E-state index in [2.05, 4.69) is 31.2 Å². The molecule has 0 saturated heterocycles. The summed E-state index contributed by atoms with van der Waals surface area (Å²) in [6, 6.07) is 10.3. The molecule has 94 valence electrons. The smallest absolute Gasteiger partial charge is 0.0717 e. The van der Waals surface area contributed by atoms with Crippen LogP contribution in [0, 0.1) is 0 Å². The lowest BCUT2D eigenvalue weighted by Crippen LogP contribution is -1.93. The van der Waals surface area contributed by atoms with E-state index in [1.54, 1.807) is 0 Å². The third-order valence-electron chi connectivity index (χ3n) is 2.68. The van der Waals surface area contributed by atoms with Crippen LogP contribution in [0.4, 0.5) is 0 Å². The summed E-state index contributed by atoms with van der Waals surface area (Å²) in [6.07, 6.45) is 10.7. The van der Waals surface area contributed by atoms with E-state index < -0.39 is 0 Å². The predicted octanol–water partition coefficient (Wildman–Crippen LogP) is 4.73. The molecule has 0 spiro atoms. The van der Waals surface area contributed by atoms with Gasteiger partial charge >= 0.3 is 0 Å². The number of unbranched alkanes of at least 4 members (excludes halogenated alkanes) is 3. The number of ether oxygens (including phenoxy) is 1. The average Bonchev–Trinajstić information content (AvgIpc) is 2.38. The second kappa shape index (κ2) is 10.1. The van der Waals surface area contributed by atoms with Crippen molar-refractivity contribution in [2.24, 2.45) is 0 Å². The molecule has 0 heterocycles. The molecule has 0 atom stereocenters. The Balaban J connectivity index is 1.94. The first kappa shape index (κ1) is 14.0. The third kappa shape index (κ3) is 7.76. The Bertz CT molecular complexity index is 290. The van der Waals surface area contributed by atoms with Crippen LogP contribution in [-0.4, -0.2) is 6.61 Å². The van der Waals surface area contributed by atoms with E-state index in [0.29, 0.717) is 0 Å². The number of benzene rings is 1. The first-order chi connectivity index (χ1) is 8.43. The molecule has 0 aliphatic rings. The fourth-order valence-corrected chi connectivity index (χ4v) is 1.66. The predicted molar refractivity (Wildman–Crippen MR) is 74.0 cm³/mol. The maximum absolute atomic E-state index is 5.60. The van der Waals surface area contributed by atoms with E-state index in [4.69, 9.17) is 4.74 Å². The molecule has 0 N–H and O–H groups in total. The van der Waals surface area contributed by atoms with Crippen molar-refractivity contribution in [1.82, 2.24) is 0 Å². The fraction of sp³-hybridized carbons (Fsp3) is 0.500. The Labute approximate surface area is 106 Å². The van der Waals surface area contributed by atoms with Gasteiger partial charge in [0.1, 0.15) is 0 Å². The first-order valence-electron chi connectivity index (χ1n) is 6.70. The topological polar surface area (TPSA) is 9.23 Å². The number of hydrogen-bond donors (Lipinski definition) is 0. The van der Waals surface area contributed by atoms with Crippen LogP contribution in [0.25, 0.3) is 0 Å². The molecule has 0 aliphatic carbocycles. The average molecular weight is 232 g/mol. The molecule has 0 aromatic heterocycles. The minimum atomic E-state index is 0.727. The number of rotatable bonds is 9. The summed E-state index contributed by atoms with van der Waals surface area (Å²) < 4.78 is 5.60. The Kier molecular flexibility index (Phi) is 8.31. The second-order valence-corrected chi connectivity index (χ2v) is 4.29. The van der Waals surface area contributed by atoms with E-state index >= 15 is 0 Å². The maximum atomic E-state index is 5.60. The van der Waals surface area contributed by atoms with Crippen molar-refractivity contribution < 1.29 is 4.74 Å². The summed E-state index contributed by atoms with van der Waals surface area (Å²) in [6.45, 7) is 3.78. The Morgan fingerprint density at radius 2 is 1.76 bits per heavy atom. The Morgan fingerprint density at radius 1 is 1.00 bits per heavy atom. The molecule has 0 saturated carbocycles. The zero-order valence-corrected chi connectivity index (χ0v) is 10.9. The molecule has 1 aromatic rings. The molecule has 1 rings (SSSR count). The molecule has 0 radical (unpaired) electrons. The fourth-order valence-electron chi connectivity index (χ4n) is 1.66. The van der Waals surface area contributed by atoms with Gasteiger partial charge < -0.3 is 4.74 Å². The highest BCUT2D eigenvalue weighted by Crippen LogP contribution is 2.02. The minimum Gasteiger partial charge on any atom is -0.376 e. The van der Waals surface area contributed by atoms with Gasteiger partial charge in [-0.25, -0.2) is 0 Å². The van der Waals surface area contributed by atoms with Crippen molar-refractivity contribution in [2.75, 3.05) is 6.61 Å². The molecular weight excluding hydrogens is 208 g/mol. The third-order valence-corrected chi connectivity index (χ3v) is 2.68. The summed E-state index contributed by atoms with van der Waals surface area (Å²) in [5.41, 5.74) is 1.25. The molecular formula is C16H24O. The van der Waals surface area contributed by atoms with Crippen LogP contribution in [0.1, 0.15) is 44.6 Å². The van der Waals surface area contributed by atoms with Crippen LogP contribution in [-0.2, 0) is 11.3 Å². The molecule has 1 nitrogen and oxygen atoms in total. The summed E-state index contributed by atoms with van der Waals surface area (Å²) in [5.74, 6) is 0. The van der Waals surface area contributed by atoms with Gasteiger partial charge in [-0.05, 0) is 24.8 Å². The van der Waals surface area contributed by atoms with Crippen molar-refractivity contribution in [2.45, 2.75) is 45.6 Å². The van der Waals surface area contributed by atoms with Crippen LogP contribution in [0.3, 0.4) is 0 Å². The largest absolute Gasteiger partial charge is 0.376 e. The van der Waals surface area contributed by atoms with Gasteiger partial charge in [0.15, 0.2) is 0 Å².